The number of amides is 2. The van der Waals surface area contributed by atoms with Crippen LogP contribution in [0.2, 0.25) is 0 Å². The van der Waals surface area contributed by atoms with Crippen molar-refractivity contribution in [2.45, 2.75) is 18.3 Å². The van der Waals surface area contributed by atoms with Crippen molar-refractivity contribution in [3.05, 3.63) is 28.5 Å². The summed E-state index contributed by atoms with van der Waals surface area (Å²) in [6.45, 7) is 0. The van der Waals surface area contributed by atoms with E-state index < -0.39 is 41.7 Å². The Labute approximate surface area is 215 Å². The van der Waals surface area contributed by atoms with Crippen molar-refractivity contribution in [1.29, 1.82) is 0 Å². The molecule has 3 heterocycles. The molecular weight excluding hydrogens is 616 g/mol. The Hall–Kier alpha value is -1.85. The van der Waals surface area contributed by atoms with Gasteiger partial charge in [0.05, 0.1) is 4.88 Å². The van der Waals surface area contributed by atoms with Gasteiger partial charge in [-0.15, -0.1) is 11.3 Å². The van der Waals surface area contributed by atoms with Gasteiger partial charge in [-0.05, 0) is 11.4 Å². The van der Waals surface area contributed by atoms with E-state index in [1.807, 2.05) is 0 Å². The minimum Gasteiger partial charge on any atom is -0.506 e. The fourth-order valence-corrected chi connectivity index (χ4v) is 3.92. The Morgan fingerprint density at radius 2 is 1.42 bits per heavy atom. The Morgan fingerprint density at radius 1 is 0.970 bits per heavy atom. The van der Waals surface area contributed by atoms with Crippen LogP contribution >= 0.6 is 34.9 Å². The zero-order chi connectivity index (χ0) is 24.5. The van der Waals surface area contributed by atoms with E-state index in [2.05, 4.69) is 10.6 Å². The number of hydrogen-bond acceptors (Lipinski definition) is 9. The standard InChI is InChI=1S/C8H5F3O2S.2C4H5NO3S.In/c9-8(10,11)7(13)4-5(12)6-2-1-3-14-6;2*6-3(7)2-1-9-4(8)5-2;/h1-4,12H;2*2H,1H2,(H,5,8)(H,6,7);/b5-4-;;;/t;2*2-;/m.00./s1. The smallest absolute Gasteiger partial charge is 0.454 e. The number of carboxylic acid groups (broad SMARTS) is 2. The fraction of sp³-hybridized carbons (Fsp3) is 0.312. The molecule has 1 aromatic heterocycles. The maximum Gasteiger partial charge on any atom is 0.454 e. The first-order valence-electron chi connectivity index (χ1n) is 8.19. The first-order chi connectivity index (χ1) is 14.8. The second-order valence-electron chi connectivity index (χ2n) is 5.64. The summed E-state index contributed by atoms with van der Waals surface area (Å²) in [6.07, 6.45) is -4.77. The van der Waals surface area contributed by atoms with Gasteiger partial charge in [0, 0.05) is 43.4 Å². The molecule has 2 aliphatic heterocycles. The summed E-state index contributed by atoms with van der Waals surface area (Å²) in [4.78, 5) is 51.6. The summed E-state index contributed by atoms with van der Waals surface area (Å²) in [5.41, 5.74) is 0. The molecule has 2 saturated heterocycles. The minimum absolute atomic E-state index is 0. The van der Waals surface area contributed by atoms with Crippen LogP contribution in [0.15, 0.2) is 23.6 Å². The molecule has 1 aromatic rings. The van der Waals surface area contributed by atoms with Gasteiger partial charge in [0.2, 0.25) is 0 Å². The molecule has 2 aliphatic rings. The maximum atomic E-state index is 11.7. The number of carbonyl (C=O) groups is 5. The second-order valence-corrected chi connectivity index (χ2v) is 8.57. The summed E-state index contributed by atoms with van der Waals surface area (Å²) in [5.74, 6) is -3.98. The summed E-state index contributed by atoms with van der Waals surface area (Å²) >= 11 is 3.05. The molecule has 0 bridgehead atoms. The third-order valence-corrected chi connectivity index (χ3v) is 5.92. The number of allylic oxidation sites excluding steroid dienone is 1. The van der Waals surface area contributed by atoms with Crippen molar-refractivity contribution in [3.63, 3.8) is 0 Å². The zero-order valence-electron chi connectivity index (χ0n) is 16.2. The Morgan fingerprint density at radius 3 is 1.67 bits per heavy atom. The molecule has 33 heavy (non-hydrogen) atoms. The van der Waals surface area contributed by atoms with Crippen molar-refractivity contribution in [2.24, 2.45) is 0 Å². The molecule has 0 saturated carbocycles. The van der Waals surface area contributed by atoms with E-state index in [1.54, 1.807) is 11.4 Å². The summed E-state index contributed by atoms with van der Waals surface area (Å²) in [7, 11) is 0. The topological polar surface area (TPSA) is 170 Å². The van der Waals surface area contributed by atoms with Crippen LogP contribution in [0.1, 0.15) is 4.88 Å². The van der Waals surface area contributed by atoms with Gasteiger partial charge >= 0.3 is 18.1 Å². The van der Waals surface area contributed by atoms with Gasteiger partial charge in [-0.2, -0.15) is 13.2 Å². The molecular formula is C16H15F3InN2O8S3. The Kier molecular flexibility index (Phi) is 13.6. The van der Waals surface area contributed by atoms with Gasteiger partial charge in [0.25, 0.3) is 16.3 Å². The van der Waals surface area contributed by atoms with Gasteiger partial charge < -0.3 is 26.0 Å². The quantitative estimate of drug-likeness (QED) is 0.245. The molecule has 3 rings (SSSR count). The van der Waals surface area contributed by atoms with Crippen molar-refractivity contribution >= 4 is 94.7 Å². The van der Waals surface area contributed by atoms with Crippen molar-refractivity contribution in [1.82, 2.24) is 10.6 Å². The monoisotopic (exact) mass is 631 g/mol. The first-order valence-corrected chi connectivity index (χ1v) is 11.0. The van der Waals surface area contributed by atoms with E-state index in [4.69, 9.17) is 15.3 Å². The zero-order valence-corrected chi connectivity index (χ0v) is 21.9. The van der Waals surface area contributed by atoms with Crippen molar-refractivity contribution in [2.75, 3.05) is 11.5 Å². The van der Waals surface area contributed by atoms with Gasteiger partial charge in [0.15, 0.2) is 0 Å². The largest absolute Gasteiger partial charge is 0.506 e. The van der Waals surface area contributed by atoms with E-state index in [1.165, 1.54) is 6.07 Å². The van der Waals surface area contributed by atoms with Crippen LogP contribution in [-0.4, -0.2) is 99.1 Å². The SMILES string of the molecule is O=C(/C=C(\O)c1cccs1)C(F)(F)F.O=C1N[C@H](C(=O)O)CS1.O=C1N[C@H](C(=O)O)CS1.[In]. The summed E-state index contributed by atoms with van der Waals surface area (Å²) in [5, 5.41) is 31.3. The molecule has 3 radical (unpaired) electrons. The third kappa shape index (κ3) is 11.7. The van der Waals surface area contributed by atoms with Crippen LogP contribution in [0.3, 0.4) is 0 Å². The third-order valence-electron chi connectivity index (χ3n) is 3.26. The minimum atomic E-state index is -4.94. The average molecular weight is 631 g/mol. The summed E-state index contributed by atoms with van der Waals surface area (Å²) < 4.78 is 35.2. The number of hydrogen-bond donors (Lipinski definition) is 5. The van der Waals surface area contributed by atoms with Crippen LogP contribution in [0.4, 0.5) is 22.8 Å². The molecule has 179 valence electrons. The molecule has 0 unspecified atom stereocenters. The number of carboxylic acids is 2. The molecule has 0 aromatic carbocycles. The normalized spacial score (nSPS) is 19.5. The Bertz CT molecular complexity index is 860. The molecule has 17 heteroatoms. The van der Waals surface area contributed by atoms with Crippen LogP contribution < -0.4 is 10.6 Å². The van der Waals surface area contributed by atoms with Gasteiger partial charge in [0.1, 0.15) is 17.8 Å². The Balaban J connectivity index is 0.000000476. The number of nitrogens with one attached hydrogen (secondary N) is 2. The van der Waals surface area contributed by atoms with Gasteiger partial charge in [-0.1, -0.05) is 29.6 Å². The van der Waals surface area contributed by atoms with E-state index in [-0.39, 0.29) is 47.3 Å². The molecule has 0 spiro atoms. The number of rotatable bonds is 4. The number of alkyl halides is 3. The van der Waals surface area contributed by atoms with Crippen LogP contribution in [0.25, 0.3) is 5.76 Å². The number of halogens is 3. The number of aliphatic hydroxyl groups is 1. The van der Waals surface area contributed by atoms with Crippen molar-refractivity contribution < 1.29 is 52.5 Å². The van der Waals surface area contributed by atoms with E-state index >= 15 is 0 Å². The fourth-order valence-electron chi connectivity index (χ4n) is 1.74. The number of aliphatic hydroxyl groups excluding tert-OH is 1. The molecule has 10 nitrogen and oxygen atoms in total. The molecule has 0 aliphatic carbocycles. The average Bonchev–Trinajstić information content (AvgIpc) is 3.43. The second kappa shape index (κ2) is 14.4. The summed E-state index contributed by atoms with van der Waals surface area (Å²) in [6, 6.07) is 1.62. The first kappa shape index (κ1) is 31.2. The number of aliphatic carboxylic acids is 2. The van der Waals surface area contributed by atoms with Crippen LogP contribution in [0, 0.1) is 0 Å². The van der Waals surface area contributed by atoms with Crippen LogP contribution in [-0.2, 0) is 14.4 Å². The molecule has 2 fully saturated rings. The van der Waals surface area contributed by atoms with Crippen LogP contribution in [0.5, 0.6) is 0 Å². The molecule has 5 N–H and O–H groups in total. The number of thiophene rings is 1. The predicted molar refractivity (Wildman–Crippen MR) is 117 cm³/mol. The van der Waals surface area contributed by atoms with E-state index in [0.717, 1.165) is 34.9 Å². The maximum absolute atomic E-state index is 11.7. The number of thioether (sulfide) groups is 2. The predicted octanol–water partition coefficient (Wildman–Crippen LogP) is 2.19. The van der Waals surface area contributed by atoms with E-state index in [9.17, 15) is 37.1 Å². The van der Waals surface area contributed by atoms with E-state index in [0.29, 0.717) is 11.5 Å². The van der Waals surface area contributed by atoms with Gasteiger partial charge in [-0.25, -0.2) is 9.59 Å². The molecule has 2 atom stereocenters. The van der Waals surface area contributed by atoms with Crippen molar-refractivity contribution in [3.8, 4) is 0 Å². The van der Waals surface area contributed by atoms with Gasteiger partial charge in [-0.3, -0.25) is 14.4 Å². The number of carbonyl (C=O) groups excluding carboxylic acids is 3. The molecule has 2 amide bonds. The number of ketones is 1.